The molecule has 6 heteroatoms. The van der Waals surface area contributed by atoms with Gasteiger partial charge in [-0.25, -0.2) is 14.2 Å². The van der Waals surface area contributed by atoms with Crippen LogP contribution in [0.1, 0.15) is 16.9 Å². The zero-order valence-electron chi connectivity index (χ0n) is 9.58. The standard InChI is InChI=1S/C12H12FN3O2/c13-8-1-3-15(7-8)9-2-4-16-10(12(17)18)6-14-11(16)5-9/h2,4-6,8H,1,3,7H2,(H,17,18)/t8-/m1/s1. The summed E-state index contributed by atoms with van der Waals surface area (Å²) in [5, 5.41) is 8.97. The molecule has 1 atom stereocenters. The van der Waals surface area contributed by atoms with E-state index >= 15 is 0 Å². The van der Waals surface area contributed by atoms with Crippen molar-refractivity contribution in [3.05, 3.63) is 30.2 Å². The molecule has 0 bridgehead atoms. The highest BCUT2D eigenvalue weighted by Crippen LogP contribution is 2.23. The molecule has 0 aromatic carbocycles. The molecule has 3 rings (SSSR count). The fraction of sp³-hybridized carbons (Fsp3) is 0.333. The van der Waals surface area contributed by atoms with Gasteiger partial charge in [-0.1, -0.05) is 0 Å². The van der Waals surface area contributed by atoms with Gasteiger partial charge in [-0.05, 0) is 12.5 Å². The average Bonchev–Trinajstić information content (AvgIpc) is 2.93. The molecule has 1 N–H and O–H groups in total. The summed E-state index contributed by atoms with van der Waals surface area (Å²) >= 11 is 0. The lowest BCUT2D eigenvalue weighted by molar-refractivity contribution is 0.0689. The average molecular weight is 249 g/mol. The minimum absolute atomic E-state index is 0.126. The van der Waals surface area contributed by atoms with E-state index in [0.29, 0.717) is 25.2 Å². The molecule has 1 fully saturated rings. The van der Waals surface area contributed by atoms with E-state index in [2.05, 4.69) is 4.98 Å². The van der Waals surface area contributed by atoms with Crippen molar-refractivity contribution in [1.29, 1.82) is 0 Å². The van der Waals surface area contributed by atoms with Gasteiger partial charge in [0.2, 0.25) is 0 Å². The maximum absolute atomic E-state index is 13.1. The van der Waals surface area contributed by atoms with Gasteiger partial charge in [0.1, 0.15) is 11.8 Å². The third-order valence-electron chi connectivity index (χ3n) is 3.21. The van der Waals surface area contributed by atoms with Crippen molar-refractivity contribution in [1.82, 2.24) is 9.38 Å². The highest BCUT2D eigenvalue weighted by atomic mass is 19.1. The summed E-state index contributed by atoms with van der Waals surface area (Å²) < 4.78 is 14.7. The molecule has 0 saturated carbocycles. The van der Waals surface area contributed by atoms with Crippen molar-refractivity contribution in [3.63, 3.8) is 0 Å². The molecule has 2 aromatic rings. The predicted octanol–water partition coefficient (Wildman–Crippen LogP) is 1.58. The van der Waals surface area contributed by atoms with Crippen molar-refractivity contribution >= 4 is 17.3 Å². The number of alkyl halides is 1. The van der Waals surface area contributed by atoms with E-state index in [1.54, 1.807) is 18.3 Å². The first-order chi connectivity index (χ1) is 8.65. The van der Waals surface area contributed by atoms with Gasteiger partial charge in [0.25, 0.3) is 0 Å². The van der Waals surface area contributed by atoms with Gasteiger partial charge in [0.05, 0.1) is 6.20 Å². The van der Waals surface area contributed by atoms with Gasteiger partial charge in [-0.3, -0.25) is 4.40 Å². The van der Waals surface area contributed by atoms with Crippen LogP contribution in [0, 0.1) is 0 Å². The van der Waals surface area contributed by atoms with E-state index in [9.17, 15) is 9.18 Å². The number of fused-ring (bicyclic) bond motifs is 1. The van der Waals surface area contributed by atoms with Gasteiger partial charge < -0.3 is 10.0 Å². The first-order valence-corrected chi connectivity index (χ1v) is 5.74. The number of rotatable bonds is 2. The van der Waals surface area contributed by atoms with Crippen LogP contribution in [-0.2, 0) is 0 Å². The monoisotopic (exact) mass is 249 g/mol. The molecule has 18 heavy (non-hydrogen) atoms. The molecule has 0 unspecified atom stereocenters. The molecule has 94 valence electrons. The Morgan fingerprint density at radius 3 is 3.06 bits per heavy atom. The van der Waals surface area contributed by atoms with Crippen LogP contribution < -0.4 is 4.90 Å². The third-order valence-corrected chi connectivity index (χ3v) is 3.21. The number of pyridine rings is 1. The molecule has 0 aliphatic carbocycles. The summed E-state index contributed by atoms with van der Waals surface area (Å²) in [5.74, 6) is -1.01. The van der Waals surface area contributed by atoms with Crippen LogP contribution in [0.3, 0.4) is 0 Å². The van der Waals surface area contributed by atoms with Crippen LogP contribution >= 0.6 is 0 Å². The van der Waals surface area contributed by atoms with Gasteiger partial charge in [-0.15, -0.1) is 0 Å². The van der Waals surface area contributed by atoms with Crippen LogP contribution in [0.4, 0.5) is 10.1 Å². The smallest absolute Gasteiger partial charge is 0.354 e. The SMILES string of the molecule is O=C(O)c1cnc2cc(N3CC[C@@H](F)C3)ccn12. The normalized spacial score (nSPS) is 19.6. The Labute approximate surface area is 102 Å². The van der Waals surface area contributed by atoms with Crippen molar-refractivity contribution in [3.8, 4) is 0 Å². The first-order valence-electron chi connectivity index (χ1n) is 5.74. The largest absolute Gasteiger partial charge is 0.477 e. The summed E-state index contributed by atoms with van der Waals surface area (Å²) in [7, 11) is 0. The Balaban J connectivity index is 1.99. The fourth-order valence-corrected chi connectivity index (χ4v) is 2.28. The Hall–Kier alpha value is -2.11. The van der Waals surface area contributed by atoms with Crippen LogP contribution in [-0.4, -0.2) is 39.7 Å². The van der Waals surface area contributed by atoms with Gasteiger partial charge in [0, 0.05) is 31.0 Å². The van der Waals surface area contributed by atoms with E-state index in [-0.39, 0.29) is 5.69 Å². The summed E-state index contributed by atoms with van der Waals surface area (Å²) in [4.78, 5) is 16.9. The summed E-state index contributed by atoms with van der Waals surface area (Å²) in [5.41, 5.74) is 1.57. The summed E-state index contributed by atoms with van der Waals surface area (Å²) in [6.07, 6.45) is 2.74. The number of nitrogens with zero attached hydrogens (tertiary/aromatic N) is 3. The second kappa shape index (κ2) is 3.97. The number of imidazole rings is 1. The molecule has 5 nitrogen and oxygen atoms in total. The molecule has 0 spiro atoms. The minimum atomic E-state index is -1.01. The fourth-order valence-electron chi connectivity index (χ4n) is 2.28. The van der Waals surface area contributed by atoms with Crippen LogP contribution in [0.2, 0.25) is 0 Å². The third kappa shape index (κ3) is 1.70. The highest BCUT2D eigenvalue weighted by Gasteiger charge is 2.22. The summed E-state index contributed by atoms with van der Waals surface area (Å²) in [6, 6.07) is 3.57. The topological polar surface area (TPSA) is 57.8 Å². The molecule has 1 aliphatic rings. The summed E-state index contributed by atoms with van der Waals surface area (Å²) in [6.45, 7) is 1.08. The molecule has 3 heterocycles. The van der Waals surface area contributed by atoms with Crippen molar-refractivity contribution in [2.24, 2.45) is 0 Å². The van der Waals surface area contributed by atoms with Crippen LogP contribution in [0.5, 0.6) is 0 Å². The number of hydrogen-bond acceptors (Lipinski definition) is 3. The Morgan fingerprint density at radius 2 is 2.39 bits per heavy atom. The van der Waals surface area contributed by atoms with Gasteiger partial charge in [-0.2, -0.15) is 0 Å². The van der Waals surface area contributed by atoms with E-state index in [1.807, 2.05) is 4.90 Å². The van der Waals surface area contributed by atoms with Crippen molar-refractivity contribution in [2.75, 3.05) is 18.0 Å². The number of aromatic carboxylic acids is 1. The van der Waals surface area contributed by atoms with Gasteiger partial charge in [0.15, 0.2) is 5.69 Å². The molecule has 0 amide bonds. The van der Waals surface area contributed by atoms with Crippen LogP contribution in [0.15, 0.2) is 24.5 Å². The second-order valence-electron chi connectivity index (χ2n) is 4.39. The van der Waals surface area contributed by atoms with Gasteiger partial charge >= 0.3 is 5.97 Å². The highest BCUT2D eigenvalue weighted by molar-refractivity contribution is 5.86. The van der Waals surface area contributed by atoms with Crippen molar-refractivity contribution in [2.45, 2.75) is 12.6 Å². The molecule has 0 radical (unpaired) electrons. The number of anilines is 1. The molecular weight excluding hydrogens is 237 g/mol. The molecule has 1 saturated heterocycles. The lowest BCUT2D eigenvalue weighted by Gasteiger charge is -2.17. The Kier molecular flexibility index (Phi) is 2.43. The van der Waals surface area contributed by atoms with E-state index < -0.39 is 12.1 Å². The van der Waals surface area contributed by atoms with E-state index in [0.717, 1.165) is 5.69 Å². The Bertz CT molecular complexity index is 610. The quantitative estimate of drug-likeness (QED) is 0.878. The predicted molar refractivity (Wildman–Crippen MR) is 63.9 cm³/mol. The maximum atomic E-state index is 13.1. The molecular formula is C12H12FN3O2. The lowest BCUT2D eigenvalue weighted by atomic mass is 10.3. The van der Waals surface area contributed by atoms with E-state index in [4.69, 9.17) is 5.11 Å². The number of carbonyl (C=O) groups is 1. The number of hydrogen-bond donors (Lipinski definition) is 1. The second-order valence-corrected chi connectivity index (χ2v) is 4.39. The first kappa shape index (κ1) is 11.0. The molecule has 1 aliphatic heterocycles. The zero-order valence-corrected chi connectivity index (χ0v) is 9.58. The number of carboxylic acid groups (broad SMARTS) is 1. The zero-order chi connectivity index (χ0) is 12.7. The number of aromatic nitrogens is 2. The number of carboxylic acids is 1. The van der Waals surface area contributed by atoms with Crippen LogP contribution in [0.25, 0.3) is 5.65 Å². The number of halogens is 1. The minimum Gasteiger partial charge on any atom is -0.477 e. The molecule has 2 aromatic heterocycles. The Morgan fingerprint density at radius 1 is 1.56 bits per heavy atom. The lowest BCUT2D eigenvalue weighted by Crippen LogP contribution is -2.20. The van der Waals surface area contributed by atoms with Crippen molar-refractivity contribution < 1.29 is 14.3 Å². The maximum Gasteiger partial charge on any atom is 0.354 e. The van der Waals surface area contributed by atoms with E-state index in [1.165, 1.54) is 10.6 Å².